The molecule has 1 heterocycles. The highest BCUT2D eigenvalue weighted by Gasteiger charge is 2.33. The van der Waals surface area contributed by atoms with Gasteiger partial charge in [-0.05, 0) is 43.4 Å². The molecule has 1 aliphatic heterocycles. The van der Waals surface area contributed by atoms with E-state index in [1.54, 1.807) is 23.1 Å². The van der Waals surface area contributed by atoms with E-state index in [-0.39, 0.29) is 18.2 Å². The molecule has 0 radical (unpaired) electrons. The van der Waals surface area contributed by atoms with Gasteiger partial charge in [-0.1, -0.05) is 19.1 Å². The third kappa shape index (κ3) is 4.81. The van der Waals surface area contributed by atoms with Crippen molar-refractivity contribution in [2.45, 2.75) is 51.5 Å². The molecule has 0 aromatic heterocycles. The summed E-state index contributed by atoms with van der Waals surface area (Å²) in [5.74, 6) is -0.988. The Balaban J connectivity index is 1.99. The molecular formula is C18H24N2O4. The Hall–Kier alpha value is -2.37. The fourth-order valence-corrected chi connectivity index (χ4v) is 2.98. The lowest BCUT2D eigenvalue weighted by Crippen LogP contribution is -2.43. The highest BCUT2D eigenvalue weighted by Crippen LogP contribution is 2.21. The maximum atomic E-state index is 12.5. The monoisotopic (exact) mass is 332 g/mol. The average molecular weight is 332 g/mol. The second-order valence-corrected chi connectivity index (χ2v) is 6.08. The molecule has 0 spiro atoms. The first-order valence-electron chi connectivity index (χ1n) is 8.42. The quantitative estimate of drug-likeness (QED) is 0.803. The normalized spacial score (nSPS) is 16.9. The standard InChI is InChI=1S/C18H24N2O4/c1-2-5-16(21)20-11-4-8-15(20)18(24)19-14-7-3-6-13(12-14)9-10-17(22)23/h3,6-7,12,15H,2,4-5,8-11H2,1H3,(H,19,24)(H,22,23). The van der Waals surface area contributed by atoms with Gasteiger partial charge in [0.1, 0.15) is 6.04 Å². The largest absolute Gasteiger partial charge is 0.481 e. The number of carbonyl (C=O) groups is 3. The number of nitrogens with zero attached hydrogens (tertiary/aromatic N) is 1. The summed E-state index contributed by atoms with van der Waals surface area (Å²) in [6, 6.07) is 6.78. The number of rotatable bonds is 7. The first kappa shape index (κ1) is 18.0. The number of nitrogens with one attached hydrogen (secondary N) is 1. The molecule has 0 aliphatic carbocycles. The van der Waals surface area contributed by atoms with Gasteiger partial charge in [-0.15, -0.1) is 0 Å². The minimum atomic E-state index is -0.847. The first-order chi connectivity index (χ1) is 11.5. The van der Waals surface area contributed by atoms with Crippen molar-refractivity contribution < 1.29 is 19.5 Å². The second kappa shape index (κ2) is 8.47. The van der Waals surface area contributed by atoms with Gasteiger partial charge in [0.15, 0.2) is 0 Å². The molecule has 6 heteroatoms. The van der Waals surface area contributed by atoms with Crippen molar-refractivity contribution in [3.05, 3.63) is 29.8 Å². The summed E-state index contributed by atoms with van der Waals surface area (Å²) < 4.78 is 0. The highest BCUT2D eigenvalue weighted by atomic mass is 16.4. The predicted octanol–water partition coefficient (Wildman–Crippen LogP) is 2.43. The number of aliphatic carboxylic acids is 1. The third-order valence-electron chi connectivity index (χ3n) is 4.16. The van der Waals surface area contributed by atoms with Crippen molar-refractivity contribution in [3.8, 4) is 0 Å². The first-order valence-corrected chi connectivity index (χ1v) is 8.42. The number of benzene rings is 1. The van der Waals surface area contributed by atoms with Crippen molar-refractivity contribution in [1.29, 1.82) is 0 Å². The van der Waals surface area contributed by atoms with Crippen LogP contribution in [0.15, 0.2) is 24.3 Å². The number of hydrogen-bond donors (Lipinski definition) is 2. The zero-order valence-electron chi connectivity index (χ0n) is 14.0. The molecular weight excluding hydrogens is 308 g/mol. The van der Waals surface area contributed by atoms with Crippen LogP contribution in [0, 0.1) is 0 Å². The van der Waals surface area contributed by atoms with E-state index in [1.807, 2.05) is 13.0 Å². The number of hydrogen-bond acceptors (Lipinski definition) is 3. The van der Waals surface area contributed by atoms with Gasteiger partial charge < -0.3 is 15.3 Å². The lowest BCUT2D eigenvalue weighted by molar-refractivity contribution is -0.137. The van der Waals surface area contributed by atoms with E-state index in [9.17, 15) is 14.4 Å². The Morgan fingerprint density at radius 2 is 2.08 bits per heavy atom. The number of carboxylic acid groups (broad SMARTS) is 1. The number of amides is 2. The van der Waals surface area contributed by atoms with Crippen LogP contribution < -0.4 is 5.32 Å². The van der Waals surface area contributed by atoms with Gasteiger partial charge in [0, 0.05) is 25.1 Å². The maximum Gasteiger partial charge on any atom is 0.303 e. The van der Waals surface area contributed by atoms with Crippen LogP contribution in [-0.4, -0.2) is 40.4 Å². The number of anilines is 1. The molecule has 6 nitrogen and oxygen atoms in total. The Morgan fingerprint density at radius 1 is 1.29 bits per heavy atom. The van der Waals surface area contributed by atoms with Crippen molar-refractivity contribution in [3.63, 3.8) is 0 Å². The predicted molar refractivity (Wildman–Crippen MR) is 90.7 cm³/mol. The number of carboxylic acids is 1. The highest BCUT2D eigenvalue weighted by molar-refractivity contribution is 5.97. The fraction of sp³-hybridized carbons (Fsp3) is 0.500. The van der Waals surface area contributed by atoms with Gasteiger partial charge in [-0.2, -0.15) is 0 Å². The molecule has 1 aromatic carbocycles. The van der Waals surface area contributed by atoms with Crippen LogP contribution in [0.2, 0.25) is 0 Å². The van der Waals surface area contributed by atoms with Crippen LogP contribution in [-0.2, 0) is 20.8 Å². The molecule has 2 N–H and O–H groups in total. The molecule has 1 aliphatic rings. The van der Waals surface area contributed by atoms with E-state index in [1.165, 1.54) is 0 Å². The molecule has 1 saturated heterocycles. The molecule has 2 amide bonds. The lowest BCUT2D eigenvalue weighted by atomic mass is 10.1. The minimum Gasteiger partial charge on any atom is -0.481 e. The Kier molecular flexibility index (Phi) is 6.35. The summed E-state index contributed by atoms with van der Waals surface area (Å²) in [7, 11) is 0. The minimum absolute atomic E-state index is 0.0327. The van der Waals surface area contributed by atoms with E-state index in [0.717, 1.165) is 18.4 Å². The van der Waals surface area contributed by atoms with Crippen LogP contribution >= 0.6 is 0 Å². The maximum absolute atomic E-state index is 12.5. The van der Waals surface area contributed by atoms with E-state index in [2.05, 4.69) is 5.32 Å². The molecule has 1 unspecified atom stereocenters. The van der Waals surface area contributed by atoms with Gasteiger partial charge in [0.25, 0.3) is 0 Å². The Morgan fingerprint density at radius 3 is 2.79 bits per heavy atom. The van der Waals surface area contributed by atoms with Crippen LogP contribution in [0.1, 0.15) is 44.6 Å². The van der Waals surface area contributed by atoms with E-state index < -0.39 is 12.0 Å². The molecule has 1 aromatic rings. The lowest BCUT2D eigenvalue weighted by Gasteiger charge is -2.24. The molecule has 0 saturated carbocycles. The van der Waals surface area contributed by atoms with Gasteiger partial charge >= 0.3 is 5.97 Å². The van der Waals surface area contributed by atoms with E-state index in [4.69, 9.17) is 5.11 Å². The van der Waals surface area contributed by atoms with Crippen LogP contribution in [0.25, 0.3) is 0 Å². The zero-order valence-corrected chi connectivity index (χ0v) is 14.0. The topological polar surface area (TPSA) is 86.7 Å². The molecule has 1 atom stereocenters. The van der Waals surface area contributed by atoms with E-state index in [0.29, 0.717) is 31.5 Å². The fourth-order valence-electron chi connectivity index (χ4n) is 2.98. The second-order valence-electron chi connectivity index (χ2n) is 6.08. The Bertz CT molecular complexity index is 615. The number of aryl methyl sites for hydroxylation is 1. The van der Waals surface area contributed by atoms with Gasteiger partial charge in [0.2, 0.25) is 11.8 Å². The van der Waals surface area contributed by atoms with Crippen LogP contribution in [0.4, 0.5) is 5.69 Å². The van der Waals surface area contributed by atoms with Gasteiger partial charge in [-0.25, -0.2) is 0 Å². The third-order valence-corrected chi connectivity index (χ3v) is 4.16. The van der Waals surface area contributed by atoms with E-state index >= 15 is 0 Å². The zero-order chi connectivity index (χ0) is 17.5. The molecule has 24 heavy (non-hydrogen) atoms. The summed E-state index contributed by atoms with van der Waals surface area (Å²) >= 11 is 0. The van der Waals surface area contributed by atoms with Crippen molar-refractivity contribution >= 4 is 23.5 Å². The summed E-state index contributed by atoms with van der Waals surface area (Å²) in [5.41, 5.74) is 1.50. The molecule has 130 valence electrons. The Labute approximate surface area is 141 Å². The van der Waals surface area contributed by atoms with Crippen LogP contribution in [0.3, 0.4) is 0 Å². The van der Waals surface area contributed by atoms with Crippen LogP contribution in [0.5, 0.6) is 0 Å². The van der Waals surface area contributed by atoms with Crippen molar-refractivity contribution in [1.82, 2.24) is 4.90 Å². The molecule has 2 rings (SSSR count). The summed E-state index contributed by atoms with van der Waals surface area (Å²) in [6.07, 6.45) is 3.23. The number of carbonyl (C=O) groups excluding carboxylic acids is 2. The van der Waals surface area contributed by atoms with Crippen molar-refractivity contribution in [2.75, 3.05) is 11.9 Å². The SMILES string of the molecule is CCCC(=O)N1CCCC1C(=O)Nc1cccc(CCC(=O)O)c1. The van der Waals surface area contributed by atoms with Crippen molar-refractivity contribution in [2.24, 2.45) is 0 Å². The molecule has 1 fully saturated rings. The summed E-state index contributed by atoms with van der Waals surface area (Å²) in [4.78, 5) is 36.9. The number of likely N-dealkylation sites (tertiary alicyclic amines) is 1. The average Bonchev–Trinajstić information content (AvgIpc) is 3.03. The summed E-state index contributed by atoms with van der Waals surface area (Å²) in [5, 5.41) is 11.6. The smallest absolute Gasteiger partial charge is 0.303 e. The molecule has 0 bridgehead atoms. The van der Waals surface area contributed by atoms with Gasteiger partial charge in [-0.3, -0.25) is 14.4 Å². The van der Waals surface area contributed by atoms with Gasteiger partial charge in [0.05, 0.1) is 0 Å². The summed E-state index contributed by atoms with van der Waals surface area (Å²) in [6.45, 7) is 2.58.